The van der Waals surface area contributed by atoms with Gasteiger partial charge in [0.25, 0.3) is 0 Å². The molecule has 1 aliphatic heterocycles. The monoisotopic (exact) mass is 527 g/mol. The number of anilines is 1. The summed E-state index contributed by atoms with van der Waals surface area (Å²) in [5.74, 6) is 0. The maximum atomic E-state index is 5.75. The first-order valence-corrected chi connectivity index (χ1v) is 12.6. The fraction of sp³-hybridized carbons (Fsp3) is 0.381. The van der Waals surface area contributed by atoms with E-state index < -0.39 is 7.21 Å². The molecule has 2 aromatic carbocycles. The van der Waals surface area contributed by atoms with Crippen molar-refractivity contribution in [3.8, 4) is 0 Å². The Bertz CT molecular complexity index is 859. The predicted molar refractivity (Wildman–Crippen MR) is 133 cm³/mol. The Kier molecular flexibility index (Phi) is 7.32. The second-order valence-corrected chi connectivity index (χ2v) is 13.2. The topological polar surface area (TPSA) is 36.9 Å². The molecule has 7 heteroatoms. The van der Waals surface area contributed by atoms with Gasteiger partial charge >= 0.3 is 0 Å². The smallest absolute Gasteiger partial charge is 0.197 e. The molecule has 1 fully saturated rings. The molecular weight excluding hydrogens is 500 g/mol. The zero-order valence-corrected chi connectivity index (χ0v) is 20.4. The highest BCUT2D eigenvalue weighted by molar-refractivity contribution is 14.1. The number of morpholine rings is 1. The number of hydrogen-bond donors (Lipinski definition) is 1. The van der Waals surface area contributed by atoms with E-state index >= 15 is 0 Å². The summed E-state index contributed by atoms with van der Waals surface area (Å²) in [6, 6.07) is 18.9. The Labute approximate surface area is 187 Å². The van der Waals surface area contributed by atoms with Gasteiger partial charge in [0.05, 0.1) is 20.4 Å². The van der Waals surface area contributed by atoms with Crippen LogP contribution in [0.4, 0.5) is 5.69 Å². The molecule has 1 aliphatic rings. The lowest BCUT2D eigenvalue weighted by molar-refractivity contribution is 0.0738. The number of benzene rings is 2. The van der Waals surface area contributed by atoms with Gasteiger partial charge in [-0.1, -0.05) is 51.1 Å². The van der Waals surface area contributed by atoms with Crippen LogP contribution in [-0.4, -0.2) is 41.2 Å². The highest BCUT2D eigenvalue weighted by Gasteiger charge is 2.41. The third-order valence-electron chi connectivity index (χ3n) is 4.78. The molecule has 0 radical (unpaired) electrons. The summed E-state index contributed by atoms with van der Waals surface area (Å²) in [7, 11) is -2.14. The molecule has 0 bridgehead atoms. The number of hydrogen-bond acceptors (Lipinski definition) is 2. The van der Waals surface area contributed by atoms with Crippen molar-refractivity contribution in [2.24, 2.45) is 4.74 Å². The van der Waals surface area contributed by atoms with Crippen LogP contribution >= 0.6 is 42.0 Å². The van der Waals surface area contributed by atoms with Crippen molar-refractivity contribution in [1.82, 2.24) is 4.67 Å². The van der Waals surface area contributed by atoms with Crippen molar-refractivity contribution < 1.29 is 4.74 Å². The summed E-state index contributed by atoms with van der Waals surface area (Å²) in [5.41, 5.74) is 0.969. The maximum Gasteiger partial charge on any atom is 0.197 e. The van der Waals surface area contributed by atoms with Gasteiger partial charge in [-0.15, -0.1) is 0 Å². The maximum absolute atomic E-state index is 5.75. The van der Waals surface area contributed by atoms with E-state index in [1.165, 1.54) is 8.87 Å². The van der Waals surface area contributed by atoms with E-state index in [0.29, 0.717) is 5.11 Å². The third kappa shape index (κ3) is 4.85. The number of rotatable bonds is 3. The fourth-order valence-electron chi connectivity index (χ4n) is 3.54. The first-order valence-electron chi connectivity index (χ1n) is 9.41. The first-order chi connectivity index (χ1) is 13.3. The molecule has 1 atom stereocenters. The van der Waals surface area contributed by atoms with Gasteiger partial charge in [-0.3, -0.25) is 4.67 Å². The molecular formula is C21H27IN3OPS. The Hall–Kier alpha value is -0.790. The predicted octanol–water partition coefficient (Wildman–Crippen LogP) is 5.56. The van der Waals surface area contributed by atoms with E-state index in [9.17, 15) is 0 Å². The molecule has 0 aliphatic carbocycles. The van der Waals surface area contributed by atoms with Crippen molar-refractivity contribution in [1.29, 1.82) is 0 Å². The standard InChI is InChI=1S/C21H27IN3OPS/c1-21(2,3)27(19-7-5-4-6-8-19,25-13-15-26-16-14-25)24-20(28)23-18-11-9-17(22)10-12-18/h4-12H,13-16H2,1-3H3,(H,23,28). The highest BCUT2D eigenvalue weighted by atomic mass is 127. The van der Waals surface area contributed by atoms with Crippen LogP contribution in [0.1, 0.15) is 20.8 Å². The molecule has 3 rings (SSSR count). The quantitative estimate of drug-likeness (QED) is 0.322. The summed E-state index contributed by atoms with van der Waals surface area (Å²) < 4.78 is 14.6. The van der Waals surface area contributed by atoms with Crippen molar-refractivity contribution in [2.45, 2.75) is 25.9 Å². The molecule has 2 aromatic rings. The molecule has 1 saturated heterocycles. The van der Waals surface area contributed by atoms with Crippen LogP contribution in [0.3, 0.4) is 0 Å². The number of ether oxygens (including phenoxy) is 1. The lowest BCUT2D eigenvalue weighted by Crippen LogP contribution is -2.43. The van der Waals surface area contributed by atoms with Crippen molar-refractivity contribution >= 4 is 58.1 Å². The van der Waals surface area contributed by atoms with Crippen molar-refractivity contribution in [2.75, 3.05) is 31.6 Å². The number of nitrogens with one attached hydrogen (secondary N) is 1. The summed E-state index contributed by atoms with van der Waals surface area (Å²) in [6.07, 6.45) is 0. The van der Waals surface area contributed by atoms with Crippen molar-refractivity contribution in [3.05, 3.63) is 58.2 Å². The van der Waals surface area contributed by atoms with Gasteiger partial charge in [-0.05, 0) is 59.1 Å². The molecule has 4 nitrogen and oxygen atoms in total. The SMILES string of the molecule is CC(C)(C)P(=NC(=S)Nc1ccc(I)cc1)(c1ccccc1)N1CCOCC1. The molecule has 0 amide bonds. The highest BCUT2D eigenvalue weighted by Crippen LogP contribution is 2.62. The minimum absolute atomic E-state index is 0.0660. The number of nitrogens with zero attached hydrogens (tertiary/aromatic N) is 2. The van der Waals surface area contributed by atoms with Crippen LogP contribution in [-0.2, 0) is 4.74 Å². The summed E-state index contributed by atoms with van der Waals surface area (Å²) in [4.78, 5) is 0. The molecule has 0 spiro atoms. The zero-order valence-electron chi connectivity index (χ0n) is 16.6. The lowest BCUT2D eigenvalue weighted by Gasteiger charge is -2.46. The largest absolute Gasteiger partial charge is 0.379 e. The van der Waals surface area contributed by atoms with Crippen molar-refractivity contribution in [3.63, 3.8) is 0 Å². The first kappa shape index (κ1) is 21.9. The van der Waals surface area contributed by atoms with E-state index in [-0.39, 0.29) is 5.16 Å². The van der Waals surface area contributed by atoms with E-state index in [1.54, 1.807) is 0 Å². The molecule has 1 unspecified atom stereocenters. The Morgan fingerprint density at radius 2 is 1.68 bits per heavy atom. The van der Waals surface area contributed by atoms with Gasteiger partial charge < -0.3 is 10.1 Å². The summed E-state index contributed by atoms with van der Waals surface area (Å²) in [5, 5.41) is 5.07. The molecule has 1 N–H and O–H groups in total. The van der Waals surface area contributed by atoms with Crippen LogP contribution in [0.5, 0.6) is 0 Å². The number of thiocarbonyl (C=S) groups is 1. The van der Waals surface area contributed by atoms with Crippen LogP contribution in [0.15, 0.2) is 59.3 Å². The van der Waals surface area contributed by atoms with E-state index in [4.69, 9.17) is 21.7 Å². The van der Waals surface area contributed by atoms with Gasteiger partial charge in [0.1, 0.15) is 0 Å². The number of halogens is 1. The molecule has 150 valence electrons. The van der Waals surface area contributed by atoms with Gasteiger partial charge in [-0.2, -0.15) is 0 Å². The Morgan fingerprint density at radius 1 is 1.07 bits per heavy atom. The second-order valence-electron chi connectivity index (χ2n) is 7.71. The van der Waals surface area contributed by atoms with Gasteiger partial charge in [0, 0.05) is 32.8 Å². The van der Waals surface area contributed by atoms with Crippen LogP contribution in [0.2, 0.25) is 0 Å². The average Bonchev–Trinajstić information content (AvgIpc) is 2.68. The van der Waals surface area contributed by atoms with Gasteiger partial charge in [-0.25, -0.2) is 4.74 Å². The fourth-order valence-corrected chi connectivity index (χ4v) is 8.50. The van der Waals surface area contributed by atoms with Crippen LogP contribution < -0.4 is 10.6 Å². The molecule has 0 saturated carbocycles. The summed E-state index contributed by atoms with van der Waals surface area (Å²) >= 11 is 8.05. The minimum atomic E-state index is -2.14. The molecule has 0 aromatic heterocycles. The minimum Gasteiger partial charge on any atom is -0.379 e. The summed E-state index contributed by atoms with van der Waals surface area (Å²) in [6.45, 7) is 10.0. The van der Waals surface area contributed by atoms with E-state index in [1.807, 2.05) is 12.1 Å². The Balaban J connectivity index is 2.09. The Morgan fingerprint density at radius 3 is 2.25 bits per heavy atom. The molecule has 1 heterocycles. The van der Waals surface area contributed by atoms with Gasteiger partial charge in [0.15, 0.2) is 5.11 Å². The third-order valence-corrected chi connectivity index (χ3v) is 10.4. The second kappa shape index (κ2) is 9.35. The normalized spacial score (nSPS) is 17.6. The molecule has 28 heavy (non-hydrogen) atoms. The van der Waals surface area contributed by atoms with Crippen LogP contribution in [0.25, 0.3) is 0 Å². The van der Waals surface area contributed by atoms with E-state index in [0.717, 1.165) is 32.0 Å². The zero-order chi connectivity index (χ0) is 20.2. The van der Waals surface area contributed by atoms with Crippen LogP contribution in [0, 0.1) is 3.57 Å². The average molecular weight is 527 g/mol. The van der Waals surface area contributed by atoms with E-state index in [2.05, 4.69) is 95.8 Å². The lowest BCUT2D eigenvalue weighted by atomic mass is 10.3. The van der Waals surface area contributed by atoms with Gasteiger partial charge in [0.2, 0.25) is 0 Å².